The Morgan fingerprint density at radius 3 is 2.51 bits per heavy atom. The van der Waals surface area contributed by atoms with E-state index in [1.54, 1.807) is 33.8 Å². The first-order valence-corrected chi connectivity index (χ1v) is 12.1. The molecule has 0 bridgehead atoms. The number of esters is 2. The number of carbonyl (C=O) groups is 2. The number of allylic oxidation sites excluding steroid dienone is 1. The first-order valence-electron chi connectivity index (χ1n) is 12.1. The lowest BCUT2D eigenvalue weighted by molar-refractivity contribution is -0.384. The Morgan fingerprint density at radius 2 is 1.86 bits per heavy atom. The van der Waals surface area contributed by atoms with E-state index in [0.29, 0.717) is 23.6 Å². The second-order valence-corrected chi connectivity index (χ2v) is 8.85. The molecule has 0 saturated carbocycles. The molecule has 0 saturated heterocycles. The average molecular weight is 489 g/mol. The molecule has 1 aromatic rings. The number of rotatable bonds is 13. The SMILES string of the molecule is CCCCCCOCCOC(=O)C1=C(C)N=C(C)C(C(=O)OC(C)C)C1c1cccc([N+](=O)[O-])c1. The van der Waals surface area contributed by atoms with Gasteiger partial charge in [0.1, 0.15) is 12.5 Å². The molecule has 0 N–H and O–H groups in total. The molecular formula is C26H36N2O7. The summed E-state index contributed by atoms with van der Waals surface area (Å²) in [6, 6.07) is 5.93. The smallest absolute Gasteiger partial charge is 0.336 e. The molecule has 9 heteroatoms. The van der Waals surface area contributed by atoms with E-state index < -0.39 is 28.7 Å². The van der Waals surface area contributed by atoms with Gasteiger partial charge < -0.3 is 14.2 Å². The first-order chi connectivity index (χ1) is 16.7. The van der Waals surface area contributed by atoms with Gasteiger partial charge in [0.05, 0.1) is 23.2 Å². The van der Waals surface area contributed by atoms with E-state index in [2.05, 4.69) is 11.9 Å². The highest BCUT2D eigenvalue weighted by molar-refractivity contribution is 6.07. The van der Waals surface area contributed by atoms with Crippen LogP contribution in [0.3, 0.4) is 0 Å². The summed E-state index contributed by atoms with van der Waals surface area (Å²) in [7, 11) is 0. The average Bonchev–Trinajstić information content (AvgIpc) is 2.79. The van der Waals surface area contributed by atoms with Crippen molar-refractivity contribution in [3.05, 3.63) is 51.2 Å². The molecule has 0 fully saturated rings. The van der Waals surface area contributed by atoms with Crippen LogP contribution in [0, 0.1) is 16.0 Å². The van der Waals surface area contributed by atoms with Gasteiger partial charge in [0.25, 0.3) is 5.69 Å². The van der Waals surface area contributed by atoms with Crippen molar-refractivity contribution in [3.63, 3.8) is 0 Å². The first kappa shape index (κ1) is 28.2. The molecule has 192 valence electrons. The van der Waals surface area contributed by atoms with Crippen LogP contribution < -0.4 is 0 Å². The minimum absolute atomic E-state index is 0.0504. The van der Waals surface area contributed by atoms with E-state index in [1.165, 1.54) is 18.2 Å². The molecule has 0 radical (unpaired) electrons. The van der Waals surface area contributed by atoms with Crippen LogP contribution in [-0.4, -0.2) is 48.5 Å². The number of hydrogen-bond donors (Lipinski definition) is 0. The maximum absolute atomic E-state index is 13.2. The molecule has 1 aliphatic heterocycles. The normalized spacial score (nSPS) is 17.8. The van der Waals surface area contributed by atoms with E-state index in [1.807, 2.05) is 0 Å². The lowest BCUT2D eigenvalue weighted by atomic mass is 9.75. The van der Waals surface area contributed by atoms with Gasteiger partial charge in [0.2, 0.25) is 0 Å². The Bertz CT molecular complexity index is 968. The summed E-state index contributed by atoms with van der Waals surface area (Å²) >= 11 is 0. The Labute approximate surface area is 206 Å². The van der Waals surface area contributed by atoms with Gasteiger partial charge in [-0.25, -0.2) is 4.79 Å². The van der Waals surface area contributed by atoms with Crippen LogP contribution in [-0.2, 0) is 23.8 Å². The minimum atomic E-state index is -0.916. The highest BCUT2D eigenvalue weighted by atomic mass is 16.6. The minimum Gasteiger partial charge on any atom is -0.462 e. The van der Waals surface area contributed by atoms with Gasteiger partial charge in [-0.2, -0.15) is 0 Å². The lowest BCUT2D eigenvalue weighted by Gasteiger charge is -2.32. The third-order valence-electron chi connectivity index (χ3n) is 5.70. The van der Waals surface area contributed by atoms with Gasteiger partial charge in [0, 0.05) is 36.1 Å². The molecule has 1 heterocycles. The van der Waals surface area contributed by atoms with Crippen LogP contribution in [0.2, 0.25) is 0 Å². The number of hydrogen-bond acceptors (Lipinski definition) is 8. The number of carbonyl (C=O) groups excluding carboxylic acids is 2. The summed E-state index contributed by atoms with van der Waals surface area (Å²) < 4.78 is 16.5. The molecule has 2 rings (SSSR count). The summed E-state index contributed by atoms with van der Waals surface area (Å²) in [6.45, 7) is 9.86. The van der Waals surface area contributed by atoms with Crippen LogP contribution in [0.1, 0.15) is 71.8 Å². The van der Waals surface area contributed by atoms with Crippen LogP contribution in [0.25, 0.3) is 0 Å². The number of unbranched alkanes of at least 4 members (excludes halogenated alkanes) is 3. The largest absolute Gasteiger partial charge is 0.462 e. The number of nitro groups is 1. The standard InChI is InChI=1S/C26H36N2O7/c1-6-7-8-9-13-33-14-15-34-25(29)22-18(4)27-19(5)23(26(30)35-17(2)3)24(22)20-11-10-12-21(16-20)28(31)32/h10-12,16-17,23-24H,6-9,13-15H2,1-5H3. The van der Waals surface area contributed by atoms with Crippen molar-refractivity contribution >= 4 is 23.3 Å². The van der Waals surface area contributed by atoms with Gasteiger partial charge in [-0.15, -0.1) is 0 Å². The van der Waals surface area contributed by atoms with Crippen molar-refractivity contribution in [1.82, 2.24) is 0 Å². The quantitative estimate of drug-likeness (QED) is 0.163. The zero-order valence-corrected chi connectivity index (χ0v) is 21.2. The Balaban J connectivity index is 2.29. The number of non-ortho nitro benzene ring substituents is 1. The second kappa shape index (κ2) is 13.7. The van der Waals surface area contributed by atoms with Gasteiger partial charge in [0.15, 0.2) is 0 Å². The molecule has 0 amide bonds. The zero-order valence-electron chi connectivity index (χ0n) is 21.2. The van der Waals surface area contributed by atoms with Crippen LogP contribution in [0.15, 0.2) is 40.5 Å². The zero-order chi connectivity index (χ0) is 26.0. The van der Waals surface area contributed by atoms with E-state index in [4.69, 9.17) is 14.2 Å². The topological polar surface area (TPSA) is 117 Å². The fraction of sp³-hybridized carbons (Fsp3) is 0.577. The number of benzene rings is 1. The van der Waals surface area contributed by atoms with Gasteiger partial charge in [-0.05, 0) is 39.7 Å². The lowest BCUT2D eigenvalue weighted by Crippen LogP contribution is -2.37. The van der Waals surface area contributed by atoms with Crippen molar-refractivity contribution in [2.75, 3.05) is 19.8 Å². The molecule has 35 heavy (non-hydrogen) atoms. The highest BCUT2D eigenvalue weighted by Gasteiger charge is 2.43. The molecule has 2 atom stereocenters. The molecular weight excluding hydrogens is 452 g/mol. The molecule has 2 unspecified atom stereocenters. The molecule has 1 aliphatic rings. The Kier molecular flexibility index (Phi) is 11.0. The summed E-state index contributed by atoms with van der Waals surface area (Å²) in [4.78, 5) is 41.6. The van der Waals surface area contributed by atoms with E-state index in [9.17, 15) is 19.7 Å². The molecule has 0 spiro atoms. The van der Waals surface area contributed by atoms with Gasteiger partial charge in [-0.3, -0.25) is 19.9 Å². The summed E-state index contributed by atoms with van der Waals surface area (Å²) in [5, 5.41) is 11.4. The number of nitro benzene ring substituents is 1. The van der Waals surface area contributed by atoms with E-state index in [-0.39, 0.29) is 30.6 Å². The van der Waals surface area contributed by atoms with Crippen LogP contribution in [0.4, 0.5) is 5.69 Å². The van der Waals surface area contributed by atoms with Gasteiger partial charge in [-0.1, -0.05) is 38.3 Å². The Morgan fingerprint density at radius 1 is 1.11 bits per heavy atom. The number of aliphatic imine (C=N–C) groups is 1. The molecule has 0 aromatic heterocycles. The molecule has 9 nitrogen and oxygen atoms in total. The fourth-order valence-electron chi connectivity index (χ4n) is 4.11. The fourth-order valence-corrected chi connectivity index (χ4v) is 4.11. The summed E-state index contributed by atoms with van der Waals surface area (Å²) in [5.74, 6) is -2.93. The van der Waals surface area contributed by atoms with Gasteiger partial charge >= 0.3 is 11.9 Å². The number of nitrogens with zero attached hydrogens (tertiary/aromatic N) is 2. The van der Waals surface area contributed by atoms with Crippen LogP contribution in [0.5, 0.6) is 0 Å². The maximum Gasteiger partial charge on any atom is 0.336 e. The van der Waals surface area contributed by atoms with E-state index in [0.717, 1.165) is 25.7 Å². The predicted molar refractivity (Wildman–Crippen MR) is 132 cm³/mol. The summed E-state index contributed by atoms with van der Waals surface area (Å²) in [6.07, 6.45) is 3.97. The third kappa shape index (κ3) is 7.99. The van der Waals surface area contributed by atoms with Crippen molar-refractivity contribution in [1.29, 1.82) is 0 Å². The van der Waals surface area contributed by atoms with Crippen molar-refractivity contribution in [2.24, 2.45) is 10.9 Å². The van der Waals surface area contributed by atoms with Crippen LogP contribution >= 0.6 is 0 Å². The second-order valence-electron chi connectivity index (χ2n) is 8.85. The van der Waals surface area contributed by atoms with Crippen molar-refractivity contribution in [2.45, 2.75) is 72.3 Å². The third-order valence-corrected chi connectivity index (χ3v) is 5.70. The Hall–Kier alpha value is -3.07. The van der Waals surface area contributed by atoms with Crippen molar-refractivity contribution < 1.29 is 28.7 Å². The molecule has 0 aliphatic carbocycles. The maximum atomic E-state index is 13.2. The van der Waals surface area contributed by atoms with Crippen molar-refractivity contribution in [3.8, 4) is 0 Å². The predicted octanol–water partition coefficient (Wildman–Crippen LogP) is 5.13. The highest BCUT2D eigenvalue weighted by Crippen LogP contribution is 2.41. The summed E-state index contributed by atoms with van der Waals surface area (Å²) in [5.41, 5.74) is 1.36. The monoisotopic (exact) mass is 488 g/mol. The van der Waals surface area contributed by atoms with E-state index >= 15 is 0 Å². The molecule has 1 aromatic carbocycles. The number of ether oxygens (including phenoxy) is 3.